The summed E-state index contributed by atoms with van der Waals surface area (Å²) in [7, 11) is 0. The van der Waals surface area contributed by atoms with E-state index in [0.29, 0.717) is 5.56 Å². The maximum absolute atomic E-state index is 12.6. The number of rotatable bonds is 7. The average molecular weight is 547 g/mol. The van der Waals surface area contributed by atoms with Crippen LogP contribution in [0.3, 0.4) is 0 Å². The molecule has 1 aromatic heterocycles. The molecule has 0 radical (unpaired) electrons. The summed E-state index contributed by atoms with van der Waals surface area (Å²) >= 11 is 5.48. The van der Waals surface area contributed by atoms with Gasteiger partial charge in [-0.15, -0.1) is 11.8 Å². The quantitative estimate of drug-likeness (QED) is 0.148. The molecule has 1 amide bonds. The third-order valence-electron chi connectivity index (χ3n) is 6.09. The van der Waals surface area contributed by atoms with Crippen molar-refractivity contribution in [3.8, 4) is 5.69 Å². The van der Waals surface area contributed by atoms with Gasteiger partial charge in [-0.1, -0.05) is 36.4 Å². The number of carbonyl (C=O) groups excluding carboxylic acids is 1. The smallest absolute Gasteiger partial charge is 0.271 e. The monoisotopic (exact) mass is 545 g/mol. The van der Waals surface area contributed by atoms with Gasteiger partial charge in [-0.2, -0.15) is 5.10 Å². The van der Waals surface area contributed by atoms with E-state index in [0.717, 1.165) is 32.9 Å². The molecule has 0 aliphatic rings. The van der Waals surface area contributed by atoms with Crippen molar-refractivity contribution in [2.24, 2.45) is 5.10 Å². The molecule has 0 saturated heterocycles. The summed E-state index contributed by atoms with van der Waals surface area (Å²) in [4.78, 5) is 13.8. The Balaban J connectivity index is 1.42. The van der Waals surface area contributed by atoms with Gasteiger partial charge in [-0.05, 0) is 96.7 Å². The molecule has 1 N–H and O–H groups in total. The third-order valence-corrected chi connectivity index (χ3v) is 8.17. The summed E-state index contributed by atoms with van der Waals surface area (Å²) in [5.41, 5.74) is 11.1. The second-order valence-corrected chi connectivity index (χ2v) is 10.3. The number of halogens is 1. The van der Waals surface area contributed by atoms with E-state index in [2.05, 4.69) is 89.1 Å². The largest absolute Gasteiger partial charge is 0.317 e. The van der Waals surface area contributed by atoms with Gasteiger partial charge in [0, 0.05) is 43.3 Å². The third kappa shape index (κ3) is 5.77. The van der Waals surface area contributed by atoms with Crippen LogP contribution in [0.4, 0.5) is 0 Å². The fraction of sp³-hybridized carbons (Fsp3) is 0.172. The van der Waals surface area contributed by atoms with Gasteiger partial charge >= 0.3 is 0 Å². The van der Waals surface area contributed by atoms with Crippen molar-refractivity contribution in [2.75, 3.05) is 0 Å². The molecule has 3 aromatic carbocycles. The summed E-state index contributed by atoms with van der Waals surface area (Å²) in [5, 5.41) is 4.25. The van der Waals surface area contributed by atoms with Gasteiger partial charge in [0.1, 0.15) is 0 Å². The Labute approximate surface area is 219 Å². The van der Waals surface area contributed by atoms with Crippen molar-refractivity contribution >= 4 is 39.8 Å². The molecule has 0 saturated carbocycles. The molecule has 0 aliphatic heterocycles. The molecule has 6 heteroatoms. The molecule has 1 heterocycles. The Morgan fingerprint density at radius 1 is 0.943 bits per heavy atom. The van der Waals surface area contributed by atoms with E-state index in [1.165, 1.54) is 21.6 Å². The van der Waals surface area contributed by atoms with Crippen LogP contribution in [-0.4, -0.2) is 16.7 Å². The Morgan fingerprint density at radius 2 is 1.66 bits per heavy atom. The van der Waals surface area contributed by atoms with E-state index < -0.39 is 0 Å². The molecule has 0 unspecified atom stereocenters. The molecular formula is C29H28BrN3OS. The van der Waals surface area contributed by atoms with Crippen molar-refractivity contribution < 1.29 is 4.79 Å². The van der Waals surface area contributed by atoms with Crippen molar-refractivity contribution in [3.63, 3.8) is 0 Å². The van der Waals surface area contributed by atoms with Gasteiger partial charge in [-0.25, -0.2) is 5.43 Å². The Hall–Kier alpha value is -3.09. The number of benzene rings is 3. The molecule has 35 heavy (non-hydrogen) atoms. The highest BCUT2D eigenvalue weighted by Crippen LogP contribution is 2.30. The van der Waals surface area contributed by atoms with Crippen LogP contribution in [0.15, 0.2) is 87.3 Å². The topological polar surface area (TPSA) is 46.4 Å². The zero-order chi connectivity index (χ0) is 24.9. The summed E-state index contributed by atoms with van der Waals surface area (Å²) in [5.74, 6) is 0.622. The zero-order valence-corrected chi connectivity index (χ0v) is 22.7. The highest BCUT2D eigenvalue weighted by atomic mass is 79.9. The van der Waals surface area contributed by atoms with E-state index in [9.17, 15) is 4.79 Å². The Morgan fingerprint density at radius 3 is 2.34 bits per heavy atom. The molecule has 4 aromatic rings. The fourth-order valence-electron chi connectivity index (χ4n) is 3.88. The molecule has 0 bridgehead atoms. The average Bonchev–Trinajstić information content (AvgIpc) is 3.08. The van der Waals surface area contributed by atoms with Crippen LogP contribution < -0.4 is 5.43 Å². The summed E-state index contributed by atoms with van der Waals surface area (Å²) in [6, 6.07) is 24.4. The number of aromatic nitrogens is 1. The van der Waals surface area contributed by atoms with E-state index in [1.54, 1.807) is 18.0 Å². The number of hydrazone groups is 1. The Bertz CT molecular complexity index is 1380. The molecule has 178 valence electrons. The predicted molar refractivity (Wildman–Crippen MR) is 150 cm³/mol. The van der Waals surface area contributed by atoms with Crippen LogP contribution in [0.2, 0.25) is 0 Å². The first-order chi connectivity index (χ1) is 16.8. The lowest BCUT2D eigenvalue weighted by Crippen LogP contribution is -2.17. The van der Waals surface area contributed by atoms with E-state index in [-0.39, 0.29) is 5.91 Å². The zero-order valence-electron chi connectivity index (χ0n) is 20.3. The van der Waals surface area contributed by atoms with Crippen LogP contribution in [0.1, 0.15) is 44.0 Å². The highest BCUT2D eigenvalue weighted by Gasteiger charge is 2.16. The van der Waals surface area contributed by atoms with Crippen LogP contribution >= 0.6 is 27.7 Å². The number of thioether (sulfide) groups is 1. The number of carbonyl (C=O) groups is 1. The van der Waals surface area contributed by atoms with Gasteiger partial charge in [0.2, 0.25) is 0 Å². The summed E-state index contributed by atoms with van der Waals surface area (Å²) in [6.07, 6.45) is 1.70. The normalized spacial score (nSPS) is 11.2. The van der Waals surface area contributed by atoms with Gasteiger partial charge < -0.3 is 4.57 Å². The van der Waals surface area contributed by atoms with Crippen molar-refractivity contribution in [1.29, 1.82) is 0 Å². The van der Waals surface area contributed by atoms with E-state index in [1.807, 2.05) is 42.5 Å². The molecule has 0 aliphatic carbocycles. The fourth-order valence-corrected chi connectivity index (χ4v) is 5.32. The molecule has 4 nitrogen and oxygen atoms in total. The minimum absolute atomic E-state index is 0.234. The number of hydrogen-bond acceptors (Lipinski definition) is 3. The van der Waals surface area contributed by atoms with Gasteiger partial charge in [-0.3, -0.25) is 4.79 Å². The van der Waals surface area contributed by atoms with Crippen LogP contribution in [0.5, 0.6) is 0 Å². The standard InChI is InChI=1S/C29H28BrN3OS/c1-19-10-15-25(16-20(19)2)33-21(3)27(28(30)22(33)4)17-31-32-29(34)24-13-11-23(12-14-24)18-35-26-8-6-5-7-9-26/h5-17H,18H2,1-4H3,(H,32,34)/b31-17-. The molecular weight excluding hydrogens is 518 g/mol. The minimum atomic E-state index is -0.234. The lowest BCUT2D eigenvalue weighted by molar-refractivity contribution is 0.0955. The number of aryl methyl sites for hydroxylation is 2. The van der Waals surface area contributed by atoms with Crippen LogP contribution in [0.25, 0.3) is 5.69 Å². The summed E-state index contributed by atoms with van der Waals surface area (Å²) < 4.78 is 3.16. The summed E-state index contributed by atoms with van der Waals surface area (Å²) in [6.45, 7) is 8.36. The SMILES string of the molecule is Cc1ccc(-n2c(C)c(Br)c(/C=N\NC(=O)c3ccc(CSc4ccccc4)cc3)c2C)cc1C. The highest BCUT2D eigenvalue weighted by molar-refractivity contribution is 9.10. The second-order valence-electron chi connectivity index (χ2n) is 8.50. The van der Waals surface area contributed by atoms with Crippen molar-refractivity contribution in [1.82, 2.24) is 9.99 Å². The lowest BCUT2D eigenvalue weighted by atomic mass is 10.1. The number of nitrogens with one attached hydrogen (secondary N) is 1. The van der Waals surface area contributed by atoms with Crippen LogP contribution in [-0.2, 0) is 5.75 Å². The molecule has 0 atom stereocenters. The van der Waals surface area contributed by atoms with Crippen molar-refractivity contribution in [3.05, 3.63) is 116 Å². The van der Waals surface area contributed by atoms with Crippen molar-refractivity contribution in [2.45, 2.75) is 38.3 Å². The maximum atomic E-state index is 12.6. The lowest BCUT2D eigenvalue weighted by Gasteiger charge is -2.11. The second kappa shape index (κ2) is 11.1. The minimum Gasteiger partial charge on any atom is -0.317 e. The van der Waals surface area contributed by atoms with Gasteiger partial charge in [0.15, 0.2) is 0 Å². The van der Waals surface area contributed by atoms with E-state index >= 15 is 0 Å². The molecule has 4 rings (SSSR count). The van der Waals surface area contributed by atoms with Crippen LogP contribution in [0, 0.1) is 27.7 Å². The maximum Gasteiger partial charge on any atom is 0.271 e. The first-order valence-corrected chi connectivity index (χ1v) is 13.2. The first-order valence-electron chi connectivity index (χ1n) is 11.4. The number of hydrogen-bond donors (Lipinski definition) is 1. The number of nitrogens with zero attached hydrogens (tertiary/aromatic N) is 2. The number of amides is 1. The van der Waals surface area contributed by atoms with E-state index in [4.69, 9.17) is 0 Å². The van der Waals surface area contributed by atoms with Gasteiger partial charge in [0.25, 0.3) is 5.91 Å². The molecule has 0 spiro atoms. The predicted octanol–water partition coefficient (Wildman–Crippen LogP) is 7.53. The van der Waals surface area contributed by atoms with Gasteiger partial charge in [0.05, 0.1) is 6.21 Å². The molecule has 0 fully saturated rings. The Kier molecular flexibility index (Phi) is 7.93. The first kappa shape index (κ1) is 25.0.